The van der Waals surface area contributed by atoms with Crippen LogP contribution in [0.2, 0.25) is 0 Å². The zero-order chi connectivity index (χ0) is 41.1. The third-order valence-electron chi connectivity index (χ3n) is 13.5. The monoisotopic (exact) mass is 790 g/mol. The van der Waals surface area contributed by atoms with E-state index in [0.717, 1.165) is 28.4 Å². The summed E-state index contributed by atoms with van der Waals surface area (Å²) in [6, 6.07) is 76.6. The van der Waals surface area contributed by atoms with Crippen molar-refractivity contribution >= 4 is 103 Å². The zero-order valence-corrected chi connectivity index (χ0v) is 34.6. The van der Waals surface area contributed by atoms with Gasteiger partial charge >= 0.3 is 6.85 Å². The Bertz CT molecular complexity index is 3200. The van der Waals surface area contributed by atoms with E-state index in [4.69, 9.17) is 0 Å². The van der Waals surface area contributed by atoms with Crippen molar-refractivity contribution in [1.82, 2.24) is 0 Å². The van der Waals surface area contributed by atoms with Crippen LogP contribution in [0.25, 0.3) is 11.1 Å². The molecule has 0 N–H and O–H groups in total. The number of nitrogens with zero attached hydrogens (tertiary/aromatic N) is 4. The van der Waals surface area contributed by atoms with Gasteiger partial charge in [0.25, 0.3) is 6.71 Å². The lowest BCUT2D eigenvalue weighted by atomic mass is 9.31. The number of hydrogen-bond donors (Lipinski definition) is 0. The van der Waals surface area contributed by atoms with Crippen LogP contribution in [0.1, 0.15) is 11.1 Å². The summed E-state index contributed by atoms with van der Waals surface area (Å²) < 4.78 is 0. The maximum atomic E-state index is 2.63. The number of benzene rings is 9. The second-order valence-electron chi connectivity index (χ2n) is 17.1. The standard InChI is InChI=1S/C56H40B2N4/c1-37-27-31-46-51(33-37)60(41-21-11-5-12-22-41)53-36-45-44-30-29-43(59(39-17-7-3-8-18-39)40-19-9-4-10-20-40)35-50(44)62(42-23-13-6-14-24-42)58-48-25-15-16-26-49(48)61-52-34-38(2)28-32-47(52)57(46)55(53)56(61)54(45)58/h3-36H,1-2H3. The van der Waals surface area contributed by atoms with Gasteiger partial charge in [0.05, 0.1) is 0 Å². The summed E-state index contributed by atoms with van der Waals surface area (Å²) in [7, 11) is 0. The second kappa shape index (κ2) is 13.4. The number of para-hydroxylation sites is 5. The normalized spacial score (nSPS) is 13.5. The van der Waals surface area contributed by atoms with Crippen LogP contribution >= 0.6 is 0 Å². The third-order valence-corrected chi connectivity index (χ3v) is 13.5. The van der Waals surface area contributed by atoms with Crippen LogP contribution in [0.4, 0.5) is 62.6 Å². The van der Waals surface area contributed by atoms with E-state index < -0.39 is 0 Å². The first kappa shape index (κ1) is 35.1. The Kier molecular flexibility index (Phi) is 7.59. The summed E-state index contributed by atoms with van der Waals surface area (Å²) in [5.41, 5.74) is 24.8. The second-order valence-corrected chi connectivity index (χ2v) is 17.1. The fraction of sp³-hybridized carbons (Fsp3) is 0.0357. The van der Waals surface area contributed by atoms with Crippen LogP contribution in [-0.2, 0) is 0 Å². The highest BCUT2D eigenvalue weighted by Gasteiger charge is 2.52. The first-order valence-corrected chi connectivity index (χ1v) is 21.7. The van der Waals surface area contributed by atoms with Crippen LogP contribution in [0.3, 0.4) is 0 Å². The maximum Gasteiger partial charge on any atom is 0.333 e. The molecule has 6 heteroatoms. The van der Waals surface area contributed by atoms with Gasteiger partial charge in [0.2, 0.25) is 0 Å². The highest BCUT2D eigenvalue weighted by Crippen LogP contribution is 2.52. The summed E-state index contributed by atoms with van der Waals surface area (Å²) >= 11 is 0. The van der Waals surface area contributed by atoms with Crippen molar-refractivity contribution in [2.75, 3.05) is 19.5 Å². The molecule has 4 nitrogen and oxygen atoms in total. The van der Waals surface area contributed by atoms with E-state index in [2.05, 4.69) is 240 Å². The van der Waals surface area contributed by atoms with Crippen LogP contribution < -0.4 is 46.8 Å². The van der Waals surface area contributed by atoms with Crippen molar-refractivity contribution in [1.29, 1.82) is 0 Å². The molecule has 0 spiro atoms. The van der Waals surface area contributed by atoms with Crippen molar-refractivity contribution in [2.45, 2.75) is 13.8 Å². The minimum absolute atomic E-state index is 0.0536. The molecule has 290 valence electrons. The number of fused-ring (bicyclic) bond motifs is 10. The van der Waals surface area contributed by atoms with Gasteiger partial charge in [-0.15, -0.1) is 0 Å². The molecular formula is C56H40B2N4. The molecule has 0 bridgehead atoms. The van der Waals surface area contributed by atoms with E-state index in [9.17, 15) is 0 Å². The molecule has 0 aromatic heterocycles. The Morgan fingerprint density at radius 1 is 0.371 bits per heavy atom. The molecule has 0 saturated carbocycles. The third kappa shape index (κ3) is 4.98. The van der Waals surface area contributed by atoms with Gasteiger partial charge in [-0.05, 0) is 143 Å². The van der Waals surface area contributed by atoms with Crippen LogP contribution in [-0.4, -0.2) is 13.6 Å². The number of rotatable bonds is 5. The molecule has 4 heterocycles. The quantitative estimate of drug-likeness (QED) is 0.161. The Labute approximate surface area is 363 Å². The van der Waals surface area contributed by atoms with Crippen molar-refractivity contribution in [3.05, 3.63) is 217 Å². The van der Waals surface area contributed by atoms with Crippen molar-refractivity contribution < 1.29 is 0 Å². The molecule has 0 fully saturated rings. The molecule has 62 heavy (non-hydrogen) atoms. The molecule has 0 radical (unpaired) electrons. The average Bonchev–Trinajstić information content (AvgIpc) is 3.32. The molecule has 0 saturated heterocycles. The highest BCUT2D eigenvalue weighted by molar-refractivity contribution is 7.02. The van der Waals surface area contributed by atoms with Gasteiger partial charge < -0.3 is 19.5 Å². The molecule has 0 amide bonds. The number of anilines is 11. The van der Waals surface area contributed by atoms with E-state index in [0.29, 0.717) is 0 Å². The molecule has 13 rings (SSSR count). The van der Waals surface area contributed by atoms with E-state index >= 15 is 0 Å². The van der Waals surface area contributed by atoms with Crippen LogP contribution in [0.5, 0.6) is 0 Å². The lowest BCUT2D eigenvalue weighted by Gasteiger charge is -2.51. The van der Waals surface area contributed by atoms with Gasteiger partial charge in [0.1, 0.15) is 0 Å². The van der Waals surface area contributed by atoms with Gasteiger partial charge in [-0.3, -0.25) is 0 Å². The maximum absolute atomic E-state index is 2.63. The van der Waals surface area contributed by atoms with Crippen molar-refractivity contribution in [3.8, 4) is 11.1 Å². The Balaban J connectivity index is 1.17. The molecule has 9 aromatic rings. The predicted octanol–water partition coefficient (Wildman–Crippen LogP) is 11.1. The predicted molar refractivity (Wildman–Crippen MR) is 264 cm³/mol. The van der Waals surface area contributed by atoms with Gasteiger partial charge in [0.15, 0.2) is 0 Å². The van der Waals surface area contributed by atoms with Crippen molar-refractivity contribution in [2.24, 2.45) is 0 Å². The first-order valence-electron chi connectivity index (χ1n) is 21.7. The Hall–Kier alpha value is -7.69. The fourth-order valence-electron chi connectivity index (χ4n) is 11.0. The summed E-state index contributed by atoms with van der Waals surface area (Å²) in [4.78, 5) is 10.2. The lowest BCUT2D eigenvalue weighted by Crippen LogP contribution is -2.68. The van der Waals surface area contributed by atoms with Gasteiger partial charge in [0, 0.05) is 68.1 Å². The van der Waals surface area contributed by atoms with Crippen LogP contribution in [0, 0.1) is 13.8 Å². The Morgan fingerprint density at radius 3 is 1.58 bits per heavy atom. The summed E-state index contributed by atoms with van der Waals surface area (Å²) in [6.45, 7) is 4.41. The first-order chi connectivity index (χ1) is 30.6. The SMILES string of the molecule is Cc1ccc2c(c1)N(c1ccccc1)c1cc3c4c5c1B2c1ccc(C)cc1N5c1ccccc1B4N(c1ccccc1)c1cc(N(c2ccccc2)c2ccccc2)ccc1-3. The summed E-state index contributed by atoms with van der Waals surface area (Å²) in [5.74, 6) is 0. The molecule has 0 atom stereocenters. The lowest BCUT2D eigenvalue weighted by molar-refractivity contribution is 1.23. The van der Waals surface area contributed by atoms with E-state index in [1.807, 2.05) is 0 Å². The highest BCUT2D eigenvalue weighted by atomic mass is 15.2. The molecular weight excluding hydrogens is 750 g/mol. The zero-order valence-electron chi connectivity index (χ0n) is 34.6. The van der Waals surface area contributed by atoms with Crippen LogP contribution in [0.15, 0.2) is 206 Å². The largest absolute Gasteiger partial charge is 0.376 e. The van der Waals surface area contributed by atoms with E-state index in [-0.39, 0.29) is 13.6 Å². The molecule has 4 aliphatic heterocycles. The molecule has 0 aliphatic carbocycles. The van der Waals surface area contributed by atoms with Gasteiger partial charge in [-0.1, -0.05) is 121 Å². The Morgan fingerprint density at radius 2 is 0.935 bits per heavy atom. The minimum Gasteiger partial charge on any atom is -0.376 e. The topological polar surface area (TPSA) is 13.0 Å². The number of aryl methyl sites for hydroxylation is 2. The van der Waals surface area contributed by atoms with Gasteiger partial charge in [-0.25, -0.2) is 0 Å². The minimum atomic E-state index is -0.0959. The summed E-state index contributed by atoms with van der Waals surface area (Å²) in [6.07, 6.45) is 0. The number of hydrogen-bond acceptors (Lipinski definition) is 4. The van der Waals surface area contributed by atoms with Crippen molar-refractivity contribution in [3.63, 3.8) is 0 Å². The van der Waals surface area contributed by atoms with E-state index in [1.165, 1.54) is 83.7 Å². The molecule has 0 unspecified atom stereocenters. The summed E-state index contributed by atoms with van der Waals surface area (Å²) in [5, 5.41) is 0. The van der Waals surface area contributed by atoms with E-state index in [1.54, 1.807) is 0 Å². The van der Waals surface area contributed by atoms with Gasteiger partial charge in [-0.2, -0.15) is 0 Å². The molecule has 4 aliphatic rings. The smallest absolute Gasteiger partial charge is 0.333 e. The molecule has 9 aromatic carbocycles. The fourth-order valence-corrected chi connectivity index (χ4v) is 11.0. The average molecular weight is 791 g/mol.